The summed E-state index contributed by atoms with van der Waals surface area (Å²) in [7, 11) is -3.91. The normalized spacial score (nSPS) is 31.8. The molecular formula is C22H30F2N2O3S. The summed E-state index contributed by atoms with van der Waals surface area (Å²) in [5.41, 5.74) is 0.316. The van der Waals surface area contributed by atoms with Crippen molar-refractivity contribution in [1.29, 1.82) is 0 Å². The SMILES string of the molecule is CC1(C)[C@H]2CC[C@]1(C)[C@@H](NC(=O)C1CCN(S(=O)(=O)c3ccc(F)c(F)c3)CC1)C2. The van der Waals surface area contributed by atoms with Crippen molar-refractivity contribution < 1.29 is 22.0 Å². The quantitative estimate of drug-likeness (QED) is 0.777. The van der Waals surface area contributed by atoms with Gasteiger partial charge in [-0.25, -0.2) is 17.2 Å². The molecule has 2 saturated carbocycles. The van der Waals surface area contributed by atoms with Crippen molar-refractivity contribution in [2.75, 3.05) is 13.1 Å². The minimum atomic E-state index is -3.91. The molecule has 8 heteroatoms. The Kier molecular flexibility index (Phi) is 5.25. The standard InChI is InChI=1S/C22H30F2N2O3S/c1-21(2)15-6-9-22(21,3)19(12-15)25-20(27)14-7-10-26(11-8-14)30(28,29)16-4-5-17(23)18(24)13-16/h4-5,13-15,19H,6-12H2,1-3H3,(H,25,27)/t15-,19-,22+/m0/s1. The van der Waals surface area contributed by atoms with Gasteiger partial charge in [0.2, 0.25) is 15.9 Å². The lowest BCUT2D eigenvalue weighted by atomic mass is 9.69. The van der Waals surface area contributed by atoms with E-state index in [2.05, 4.69) is 26.1 Å². The first-order chi connectivity index (χ1) is 14.0. The largest absolute Gasteiger partial charge is 0.353 e. The molecule has 1 aromatic carbocycles. The van der Waals surface area contributed by atoms with Crippen LogP contribution in [-0.2, 0) is 14.8 Å². The van der Waals surface area contributed by atoms with Gasteiger partial charge in [0.05, 0.1) is 4.90 Å². The summed E-state index contributed by atoms with van der Waals surface area (Å²) in [5, 5.41) is 3.28. The molecule has 1 aliphatic heterocycles. The lowest BCUT2D eigenvalue weighted by Gasteiger charge is -2.40. The topological polar surface area (TPSA) is 66.5 Å². The predicted octanol–water partition coefficient (Wildman–Crippen LogP) is 3.70. The third-order valence-electron chi connectivity index (χ3n) is 8.46. The fourth-order valence-corrected chi connectivity index (χ4v) is 7.34. The molecule has 1 N–H and O–H groups in total. The highest BCUT2D eigenvalue weighted by Crippen LogP contribution is 2.65. The Hall–Kier alpha value is -1.54. The first-order valence-corrected chi connectivity index (χ1v) is 12.2. The van der Waals surface area contributed by atoms with Gasteiger partial charge >= 0.3 is 0 Å². The van der Waals surface area contributed by atoms with E-state index in [-0.39, 0.29) is 46.7 Å². The number of carbonyl (C=O) groups is 1. The van der Waals surface area contributed by atoms with E-state index in [1.54, 1.807) is 0 Å². The number of hydrogen-bond donors (Lipinski definition) is 1. The van der Waals surface area contributed by atoms with Crippen LogP contribution >= 0.6 is 0 Å². The number of carbonyl (C=O) groups excluding carboxylic acids is 1. The van der Waals surface area contributed by atoms with Gasteiger partial charge in [-0.15, -0.1) is 0 Å². The van der Waals surface area contributed by atoms with E-state index in [4.69, 9.17) is 0 Å². The molecule has 5 nitrogen and oxygen atoms in total. The summed E-state index contributed by atoms with van der Waals surface area (Å²) >= 11 is 0. The molecule has 0 spiro atoms. The number of piperidine rings is 1. The molecule has 3 atom stereocenters. The summed E-state index contributed by atoms with van der Waals surface area (Å²) in [6, 6.07) is 2.77. The number of benzene rings is 1. The van der Waals surface area contributed by atoms with Crippen molar-refractivity contribution in [3.8, 4) is 0 Å². The summed E-state index contributed by atoms with van der Waals surface area (Å²) in [6.45, 7) is 7.27. The zero-order chi connectivity index (χ0) is 21.9. The highest BCUT2D eigenvalue weighted by atomic mass is 32.2. The van der Waals surface area contributed by atoms with E-state index < -0.39 is 21.7 Å². The van der Waals surface area contributed by atoms with E-state index >= 15 is 0 Å². The van der Waals surface area contributed by atoms with E-state index in [1.807, 2.05) is 0 Å². The van der Waals surface area contributed by atoms with Crippen LogP contribution in [0.3, 0.4) is 0 Å². The molecule has 1 aromatic rings. The highest BCUT2D eigenvalue weighted by Gasteiger charge is 2.61. The molecule has 3 aliphatic rings. The molecule has 30 heavy (non-hydrogen) atoms. The Morgan fingerprint density at radius 1 is 1.10 bits per heavy atom. The minimum Gasteiger partial charge on any atom is -0.353 e. The summed E-state index contributed by atoms with van der Waals surface area (Å²) in [4.78, 5) is 12.7. The second-order valence-corrected chi connectivity index (χ2v) is 11.9. The van der Waals surface area contributed by atoms with Crippen LogP contribution in [0.4, 0.5) is 8.78 Å². The number of amides is 1. The third kappa shape index (κ3) is 3.27. The summed E-state index contributed by atoms with van der Waals surface area (Å²) < 4.78 is 53.4. The molecule has 2 bridgehead atoms. The first-order valence-electron chi connectivity index (χ1n) is 10.7. The predicted molar refractivity (Wildman–Crippen MR) is 109 cm³/mol. The van der Waals surface area contributed by atoms with Gasteiger partial charge in [0.1, 0.15) is 0 Å². The zero-order valence-electron chi connectivity index (χ0n) is 17.7. The van der Waals surface area contributed by atoms with Gasteiger partial charge in [0, 0.05) is 25.0 Å². The average Bonchev–Trinajstić information content (AvgIpc) is 3.03. The smallest absolute Gasteiger partial charge is 0.243 e. The summed E-state index contributed by atoms with van der Waals surface area (Å²) in [5.74, 6) is -1.85. The van der Waals surface area contributed by atoms with Gasteiger partial charge in [-0.3, -0.25) is 4.79 Å². The number of rotatable bonds is 4. The number of halogens is 2. The van der Waals surface area contributed by atoms with Crippen LogP contribution in [0.25, 0.3) is 0 Å². The van der Waals surface area contributed by atoms with Gasteiger partial charge in [-0.05, 0) is 67.1 Å². The fraction of sp³-hybridized carbons (Fsp3) is 0.682. The van der Waals surface area contributed by atoms with Crippen LogP contribution in [-0.4, -0.2) is 37.8 Å². The molecule has 0 aromatic heterocycles. The molecule has 0 unspecified atom stereocenters. The van der Waals surface area contributed by atoms with Crippen molar-refractivity contribution in [3.05, 3.63) is 29.8 Å². The Balaban J connectivity index is 1.38. The van der Waals surface area contributed by atoms with E-state index in [1.165, 1.54) is 10.7 Å². The van der Waals surface area contributed by atoms with Crippen LogP contribution in [0, 0.1) is 34.3 Å². The second kappa shape index (κ2) is 7.26. The van der Waals surface area contributed by atoms with Crippen molar-refractivity contribution in [1.82, 2.24) is 9.62 Å². The van der Waals surface area contributed by atoms with Crippen molar-refractivity contribution in [2.45, 2.75) is 63.8 Å². The number of fused-ring (bicyclic) bond motifs is 2. The molecule has 1 heterocycles. The monoisotopic (exact) mass is 440 g/mol. The van der Waals surface area contributed by atoms with Gasteiger partial charge < -0.3 is 5.32 Å². The zero-order valence-corrected chi connectivity index (χ0v) is 18.6. The maximum atomic E-state index is 13.5. The highest BCUT2D eigenvalue weighted by molar-refractivity contribution is 7.89. The third-order valence-corrected chi connectivity index (χ3v) is 10.4. The van der Waals surface area contributed by atoms with Gasteiger partial charge in [0.25, 0.3) is 0 Å². The number of hydrogen-bond acceptors (Lipinski definition) is 3. The molecule has 2 aliphatic carbocycles. The maximum absolute atomic E-state index is 13.5. The van der Waals surface area contributed by atoms with Crippen molar-refractivity contribution >= 4 is 15.9 Å². The van der Waals surface area contributed by atoms with E-state index in [0.29, 0.717) is 24.8 Å². The lowest BCUT2D eigenvalue weighted by Crippen LogP contribution is -2.50. The van der Waals surface area contributed by atoms with Crippen LogP contribution in [0.15, 0.2) is 23.1 Å². The Morgan fingerprint density at radius 2 is 1.77 bits per heavy atom. The molecule has 0 radical (unpaired) electrons. The molecule has 166 valence electrons. The van der Waals surface area contributed by atoms with E-state index in [0.717, 1.165) is 25.0 Å². The maximum Gasteiger partial charge on any atom is 0.243 e. The van der Waals surface area contributed by atoms with Crippen LogP contribution in [0.2, 0.25) is 0 Å². The van der Waals surface area contributed by atoms with Gasteiger partial charge in [0.15, 0.2) is 11.6 Å². The van der Waals surface area contributed by atoms with Gasteiger partial charge in [-0.1, -0.05) is 20.8 Å². The lowest BCUT2D eigenvalue weighted by molar-refractivity contribution is -0.127. The molecule has 1 amide bonds. The summed E-state index contributed by atoms with van der Waals surface area (Å²) in [6.07, 6.45) is 4.20. The van der Waals surface area contributed by atoms with Crippen LogP contribution < -0.4 is 5.32 Å². The van der Waals surface area contributed by atoms with E-state index in [9.17, 15) is 22.0 Å². The molecule has 4 rings (SSSR count). The molecule has 1 saturated heterocycles. The Labute approximate surface area is 177 Å². The van der Waals surface area contributed by atoms with Crippen LogP contribution in [0.1, 0.15) is 52.9 Å². The minimum absolute atomic E-state index is 0.00875. The number of nitrogens with one attached hydrogen (secondary N) is 1. The van der Waals surface area contributed by atoms with Crippen molar-refractivity contribution in [2.24, 2.45) is 22.7 Å². The van der Waals surface area contributed by atoms with Gasteiger partial charge in [-0.2, -0.15) is 4.31 Å². The van der Waals surface area contributed by atoms with Crippen LogP contribution in [0.5, 0.6) is 0 Å². The van der Waals surface area contributed by atoms with Crippen molar-refractivity contribution in [3.63, 3.8) is 0 Å². The second-order valence-electron chi connectivity index (χ2n) is 9.93. The number of sulfonamides is 1. The Morgan fingerprint density at radius 3 is 2.30 bits per heavy atom. The fourth-order valence-electron chi connectivity index (χ4n) is 5.86. The average molecular weight is 441 g/mol. The first kappa shape index (κ1) is 21.7. The number of nitrogens with zero attached hydrogens (tertiary/aromatic N) is 1. The Bertz CT molecular complexity index is 957. The molecule has 3 fully saturated rings. The molecular weight excluding hydrogens is 410 g/mol.